The van der Waals surface area contributed by atoms with E-state index in [1.165, 1.54) is 6.54 Å². The molecule has 136 valence electrons. The average molecular weight is 353 g/mol. The van der Waals surface area contributed by atoms with Gasteiger partial charge in [-0.25, -0.2) is 9.98 Å². The predicted octanol–water partition coefficient (Wildman–Crippen LogP) is 1.95. The van der Waals surface area contributed by atoms with Gasteiger partial charge in [0.05, 0.1) is 12.2 Å². The highest BCUT2D eigenvalue weighted by molar-refractivity contribution is 7.13. The van der Waals surface area contributed by atoms with Crippen molar-refractivity contribution < 1.29 is 0 Å². The van der Waals surface area contributed by atoms with E-state index in [9.17, 15) is 0 Å². The lowest BCUT2D eigenvalue weighted by molar-refractivity contribution is 0.164. The maximum absolute atomic E-state index is 4.80. The zero-order valence-electron chi connectivity index (χ0n) is 15.7. The monoisotopic (exact) mass is 352 g/mol. The van der Waals surface area contributed by atoms with Crippen LogP contribution in [0, 0.1) is 5.92 Å². The highest BCUT2D eigenvalue weighted by atomic mass is 32.1. The summed E-state index contributed by atoms with van der Waals surface area (Å²) in [5, 5.41) is 6.57. The minimum Gasteiger partial charge on any atom is -0.357 e. The first-order chi connectivity index (χ1) is 11.5. The van der Waals surface area contributed by atoms with Crippen molar-refractivity contribution in [3.05, 3.63) is 11.1 Å². The van der Waals surface area contributed by atoms with Gasteiger partial charge in [0, 0.05) is 58.7 Å². The molecule has 24 heavy (non-hydrogen) atoms. The van der Waals surface area contributed by atoms with Gasteiger partial charge in [-0.15, -0.1) is 11.3 Å². The Morgan fingerprint density at radius 1 is 1.33 bits per heavy atom. The van der Waals surface area contributed by atoms with E-state index < -0.39 is 0 Å². The first-order valence-electron chi connectivity index (χ1n) is 8.87. The summed E-state index contributed by atoms with van der Waals surface area (Å²) in [5.74, 6) is 1.75. The average Bonchev–Trinajstić information content (AvgIpc) is 3.01. The van der Waals surface area contributed by atoms with E-state index in [0.717, 1.165) is 55.4 Å². The van der Waals surface area contributed by atoms with Crippen molar-refractivity contribution in [2.24, 2.45) is 10.9 Å². The molecule has 0 bridgehead atoms. The molecule has 0 unspecified atom stereocenters. The Morgan fingerprint density at radius 2 is 2.04 bits per heavy atom. The number of piperazine rings is 1. The summed E-state index contributed by atoms with van der Waals surface area (Å²) in [6, 6.07) is 0. The SMILES string of the molecule is CCNC(=NCc1csc(N(C)C)n1)N1CCN(CC(C)C)CC1. The van der Waals surface area contributed by atoms with Crippen LogP contribution in [0.25, 0.3) is 0 Å². The second kappa shape index (κ2) is 9.22. The highest BCUT2D eigenvalue weighted by Gasteiger charge is 2.20. The number of aliphatic imine (C=N–C) groups is 1. The number of aromatic nitrogens is 1. The molecule has 0 atom stereocenters. The summed E-state index contributed by atoms with van der Waals surface area (Å²) in [5.41, 5.74) is 1.04. The molecule has 1 aliphatic rings. The summed E-state index contributed by atoms with van der Waals surface area (Å²) >= 11 is 1.67. The zero-order chi connectivity index (χ0) is 17.5. The fourth-order valence-corrected chi connectivity index (χ4v) is 3.56. The van der Waals surface area contributed by atoms with Gasteiger partial charge in [-0.3, -0.25) is 4.90 Å². The smallest absolute Gasteiger partial charge is 0.194 e. The van der Waals surface area contributed by atoms with Crippen LogP contribution in [-0.2, 0) is 6.54 Å². The first-order valence-corrected chi connectivity index (χ1v) is 9.75. The van der Waals surface area contributed by atoms with Gasteiger partial charge in [0.2, 0.25) is 0 Å². The molecule has 1 N–H and O–H groups in total. The van der Waals surface area contributed by atoms with Gasteiger partial charge in [-0.1, -0.05) is 13.8 Å². The summed E-state index contributed by atoms with van der Waals surface area (Å²) < 4.78 is 0. The zero-order valence-corrected chi connectivity index (χ0v) is 16.6. The van der Waals surface area contributed by atoms with Crippen LogP contribution in [0.4, 0.5) is 5.13 Å². The third-order valence-corrected chi connectivity index (χ3v) is 5.00. The van der Waals surface area contributed by atoms with Crippen LogP contribution in [-0.4, -0.2) is 74.1 Å². The molecule has 1 aromatic rings. The van der Waals surface area contributed by atoms with Crippen molar-refractivity contribution in [1.29, 1.82) is 0 Å². The van der Waals surface area contributed by atoms with Crippen molar-refractivity contribution in [2.75, 3.05) is 58.3 Å². The predicted molar refractivity (Wildman–Crippen MR) is 104 cm³/mol. The lowest BCUT2D eigenvalue weighted by Gasteiger charge is -2.37. The van der Waals surface area contributed by atoms with Gasteiger partial charge in [0.1, 0.15) is 0 Å². The molecule has 1 fully saturated rings. The molecule has 0 aromatic carbocycles. The number of nitrogens with zero attached hydrogens (tertiary/aromatic N) is 5. The second-order valence-electron chi connectivity index (χ2n) is 6.87. The van der Waals surface area contributed by atoms with Crippen molar-refractivity contribution in [2.45, 2.75) is 27.3 Å². The maximum atomic E-state index is 4.80. The third kappa shape index (κ3) is 5.63. The summed E-state index contributed by atoms with van der Waals surface area (Å²) in [4.78, 5) is 16.4. The minimum absolute atomic E-state index is 0.638. The van der Waals surface area contributed by atoms with Crippen molar-refractivity contribution in [3.8, 4) is 0 Å². The molecular formula is C17H32N6S. The summed E-state index contributed by atoms with van der Waals surface area (Å²) in [6.45, 7) is 13.7. The standard InChI is InChI=1S/C17H32N6S/c1-6-18-16(19-11-15-13-24-17(20-15)21(4)5)23-9-7-22(8-10-23)12-14(2)3/h13-14H,6-12H2,1-5H3,(H,18,19). The van der Waals surface area contributed by atoms with Crippen molar-refractivity contribution >= 4 is 22.4 Å². The molecule has 1 aromatic heterocycles. The fourth-order valence-electron chi connectivity index (χ4n) is 2.81. The van der Waals surface area contributed by atoms with Crippen LogP contribution < -0.4 is 10.2 Å². The van der Waals surface area contributed by atoms with Crippen LogP contribution in [0.1, 0.15) is 26.5 Å². The molecule has 0 saturated carbocycles. The molecule has 6 nitrogen and oxygen atoms in total. The molecule has 0 spiro atoms. The number of rotatable bonds is 6. The Hall–Kier alpha value is -1.34. The number of guanidine groups is 1. The lowest BCUT2D eigenvalue weighted by atomic mass is 10.2. The second-order valence-corrected chi connectivity index (χ2v) is 7.70. The largest absolute Gasteiger partial charge is 0.357 e. The maximum Gasteiger partial charge on any atom is 0.194 e. The topological polar surface area (TPSA) is 47.0 Å². The number of nitrogens with one attached hydrogen (secondary N) is 1. The fraction of sp³-hybridized carbons (Fsp3) is 0.765. The minimum atomic E-state index is 0.638. The van der Waals surface area contributed by atoms with Gasteiger partial charge in [0.25, 0.3) is 0 Å². The van der Waals surface area contributed by atoms with E-state index in [-0.39, 0.29) is 0 Å². The van der Waals surface area contributed by atoms with Crippen LogP contribution in [0.2, 0.25) is 0 Å². The summed E-state index contributed by atoms with van der Waals surface area (Å²) in [7, 11) is 4.04. The Bertz CT molecular complexity index is 517. The summed E-state index contributed by atoms with van der Waals surface area (Å²) in [6.07, 6.45) is 0. The van der Waals surface area contributed by atoms with Gasteiger partial charge < -0.3 is 15.1 Å². The number of anilines is 1. The van der Waals surface area contributed by atoms with E-state index in [2.05, 4.69) is 46.3 Å². The van der Waals surface area contributed by atoms with Crippen LogP contribution in [0.15, 0.2) is 10.4 Å². The number of hydrogen-bond donors (Lipinski definition) is 1. The van der Waals surface area contributed by atoms with E-state index in [0.29, 0.717) is 6.54 Å². The lowest BCUT2D eigenvalue weighted by Crippen LogP contribution is -2.53. The molecule has 2 rings (SSSR count). The first kappa shape index (κ1) is 19.0. The molecule has 0 radical (unpaired) electrons. The normalized spacial score (nSPS) is 16.8. The third-order valence-electron chi connectivity index (χ3n) is 3.94. The van der Waals surface area contributed by atoms with Crippen LogP contribution in [0.3, 0.4) is 0 Å². The van der Waals surface area contributed by atoms with Crippen LogP contribution >= 0.6 is 11.3 Å². The van der Waals surface area contributed by atoms with Crippen LogP contribution in [0.5, 0.6) is 0 Å². The quantitative estimate of drug-likeness (QED) is 0.626. The molecule has 7 heteroatoms. The molecule has 2 heterocycles. The molecule has 0 aliphatic carbocycles. The van der Waals surface area contributed by atoms with Crippen molar-refractivity contribution in [3.63, 3.8) is 0 Å². The Kier molecular flexibility index (Phi) is 7.30. The highest BCUT2D eigenvalue weighted by Crippen LogP contribution is 2.18. The number of thiazole rings is 1. The Labute approximate surface area is 150 Å². The van der Waals surface area contributed by atoms with Gasteiger partial charge >= 0.3 is 0 Å². The van der Waals surface area contributed by atoms with E-state index in [1.807, 2.05) is 19.0 Å². The molecule has 1 aliphatic heterocycles. The van der Waals surface area contributed by atoms with Crippen molar-refractivity contribution in [1.82, 2.24) is 20.1 Å². The molecule has 0 amide bonds. The number of hydrogen-bond acceptors (Lipinski definition) is 5. The van der Waals surface area contributed by atoms with E-state index >= 15 is 0 Å². The van der Waals surface area contributed by atoms with Gasteiger partial charge in [-0.05, 0) is 12.8 Å². The molecule has 1 saturated heterocycles. The van der Waals surface area contributed by atoms with Gasteiger partial charge in [-0.2, -0.15) is 0 Å². The Balaban J connectivity index is 1.93. The Morgan fingerprint density at radius 3 is 2.58 bits per heavy atom. The van der Waals surface area contributed by atoms with E-state index in [1.54, 1.807) is 11.3 Å². The van der Waals surface area contributed by atoms with Gasteiger partial charge in [0.15, 0.2) is 11.1 Å². The molecular weight excluding hydrogens is 320 g/mol. The van der Waals surface area contributed by atoms with E-state index in [4.69, 9.17) is 4.99 Å².